The average Bonchev–Trinajstić information content (AvgIpc) is 3.58. The molecular weight excluding hydrogens is 892 g/mol. The molecule has 1 unspecified atom stereocenters. The number of benzene rings is 7. The molecule has 7 aromatic rings. The molecule has 2 heteroatoms. The van der Waals surface area contributed by atoms with Gasteiger partial charge in [0, 0.05) is 19.8 Å². The van der Waals surface area contributed by atoms with Crippen LogP contribution in [0.5, 0.6) is 0 Å². The Labute approximate surface area is 393 Å². The van der Waals surface area contributed by atoms with E-state index in [1.807, 2.05) is 0 Å². The molecule has 0 aliphatic heterocycles. The summed E-state index contributed by atoms with van der Waals surface area (Å²) < 4.78 is 2.54. The second-order valence-electron chi connectivity index (χ2n) is 19.1. The Balaban J connectivity index is 0.733. The number of hydrogen-bond acceptors (Lipinski definition) is 0. The highest BCUT2D eigenvalue weighted by Crippen LogP contribution is 2.55. The van der Waals surface area contributed by atoms with E-state index in [9.17, 15) is 0 Å². The van der Waals surface area contributed by atoms with Crippen molar-refractivity contribution in [3.63, 3.8) is 0 Å². The summed E-state index contributed by atoms with van der Waals surface area (Å²) in [5, 5.41) is 0. The minimum absolute atomic E-state index is 0.0417. The Kier molecular flexibility index (Phi) is 12.5. The highest BCUT2D eigenvalue weighted by molar-refractivity contribution is 9.11. The van der Waals surface area contributed by atoms with E-state index in [0.717, 1.165) is 25.7 Å². The van der Waals surface area contributed by atoms with Gasteiger partial charge in [0.05, 0.1) is 0 Å². The molecule has 3 aliphatic carbocycles. The molecule has 0 saturated heterocycles. The van der Waals surface area contributed by atoms with Crippen molar-refractivity contribution >= 4 is 31.9 Å². The molecule has 0 nitrogen and oxygen atoms in total. The Morgan fingerprint density at radius 3 is 1.59 bits per heavy atom. The van der Waals surface area contributed by atoms with Crippen LogP contribution < -0.4 is 0 Å². The van der Waals surface area contributed by atoms with Crippen LogP contribution in [0, 0.1) is 0 Å². The smallest absolute Gasteiger partial charge is 0.0463 e. The van der Waals surface area contributed by atoms with Gasteiger partial charge in [-0.1, -0.05) is 217 Å². The van der Waals surface area contributed by atoms with E-state index in [1.165, 1.54) is 153 Å². The lowest BCUT2D eigenvalue weighted by Gasteiger charge is -2.35. The topological polar surface area (TPSA) is 0 Å². The van der Waals surface area contributed by atoms with Crippen LogP contribution in [0.3, 0.4) is 0 Å². The fraction of sp³-hybridized carbons (Fsp3) is 0.311. The lowest BCUT2D eigenvalue weighted by Crippen LogP contribution is -2.28. The summed E-state index contributed by atoms with van der Waals surface area (Å²) in [6, 6.07) is 58.2. The summed E-state index contributed by atoms with van der Waals surface area (Å²) in [7, 11) is 0. The van der Waals surface area contributed by atoms with E-state index in [2.05, 4.69) is 190 Å². The Bertz CT molecular complexity index is 2700. The first kappa shape index (κ1) is 42.5. The molecule has 7 aromatic carbocycles. The van der Waals surface area contributed by atoms with Crippen LogP contribution in [-0.2, 0) is 49.4 Å². The van der Waals surface area contributed by atoms with Gasteiger partial charge in [-0.25, -0.2) is 0 Å². The van der Waals surface area contributed by atoms with Crippen LogP contribution >= 0.6 is 31.9 Å². The minimum atomic E-state index is -0.0699. The summed E-state index contributed by atoms with van der Waals surface area (Å²) in [4.78, 5) is 0. The summed E-state index contributed by atoms with van der Waals surface area (Å²) in [5.74, 6) is 0. The SMILES string of the molecule is CC(CCCCCCc1cc(Br)c(CCCCCCC2(c3ccc4c(c3)CC4)c3ccccc3-c3ccccc32)cc1Br)(c1ccc2c(c1)CC2)c1ccccc1-c1ccccc1. The third-order valence-electron chi connectivity index (χ3n) is 15.4. The normalized spacial score (nSPS) is 15.0. The van der Waals surface area contributed by atoms with Gasteiger partial charge in [-0.3, -0.25) is 0 Å². The number of hydrogen-bond donors (Lipinski definition) is 0. The molecule has 0 saturated carbocycles. The van der Waals surface area contributed by atoms with E-state index in [0.29, 0.717) is 0 Å². The van der Waals surface area contributed by atoms with Gasteiger partial charge in [-0.15, -0.1) is 0 Å². The standard InChI is InChI=1S/C61H60Br2/c1-60(50-35-33-43-29-31-46(43)39-50,55-26-14-11-23-52(55)45-19-9-6-10-20-45)37-17-4-2-7-21-48-41-59(63)49(42-58(48)62)22-8-3-5-18-38-61(51-36-34-44-30-32-47(44)40-51)56-27-15-12-24-53(56)54-25-13-16-28-57(54)61/h6,9-16,19-20,23-28,33-36,39-42H,2-5,7-8,17-18,21-22,29-32,37-38H2,1H3. The van der Waals surface area contributed by atoms with E-state index >= 15 is 0 Å². The largest absolute Gasteiger partial charge is 0.0622 e. The number of rotatable bonds is 18. The third kappa shape index (κ3) is 8.25. The van der Waals surface area contributed by atoms with Gasteiger partial charge >= 0.3 is 0 Å². The molecule has 0 spiro atoms. The van der Waals surface area contributed by atoms with Crippen molar-refractivity contribution in [1.29, 1.82) is 0 Å². The lowest BCUT2D eigenvalue weighted by atomic mass is 9.68. The number of unbranched alkanes of at least 4 members (excludes halogenated alkanes) is 6. The molecule has 0 radical (unpaired) electrons. The van der Waals surface area contributed by atoms with Gasteiger partial charge in [0.1, 0.15) is 0 Å². The van der Waals surface area contributed by atoms with E-state index in [4.69, 9.17) is 0 Å². The molecule has 1 atom stereocenters. The quantitative estimate of drug-likeness (QED) is 0.0752. The van der Waals surface area contributed by atoms with Crippen LogP contribution in [0.25, 0.3) is 22.3 Å². The van der Waals surface area contributed by atoms with Gasteiger partial charge in [-0.05, 0) is 160 Å². The van der Waals surface area contributed by atoms with E-state index in [-0.39, 0.29) is 10.8 Å². The maximum Gasteiger partial charge on any atom is 0.0463 e. The molecule has 318 valence electrons. The average molecular weight is 953 g/mol. The third-order valence-corrected chi connectivity index (χ3v) is 16.9. The van der Waals surface area contributed by atoms with E-state index in [1.54, 1.807) is 16.7 Å². The van der Waals surface area contributed by atoms with Crippen LogP contribution in [0.15, 0.2) is 161 Å². The predicted octanol–water partition coefficient (Wildman–Crippen LogP) is 17.1. The summed E-state index contributed by atoms with van der Waals surface area (Å²) in [5.41, 5.74) is 21.9. The number of aryl methyl sites for hydroxylation is 6. The number of halogens is 2. The number of fused-ring (bicyclic) bond motifs is 5. The first-order valence-electron chi connectivity index (χ1n) is 24.0. The summed E-state index contributed by atoms with van der Waals surface area (Å²) in [6.45, 7) is 2.50. The Hall–Kier alpha value is -4.50. The minimum Gasteiger partial charge on any atom is -0.0622 e. The molecule has 10 rings (SSSR count). The van der Waals surface area contributed by atoms with Crippen LogP contribution in [0.1, 0.15) is 132 Å². The van der Waals surface area contributed by atoms with Crippen molar-refractivity contribution in [1.82, 2.24) is 0 Å². The zero-order valence-electron chi connectivity index (χ0n) is 37.0. The van der Waals surface area contributed by atoms with Crippen molar-refractivity contribution in [2.75, 3.05) is 0 Å². The summed E-state index contributed by atoms with van der Waals surface area (Å²) in [6.07, 6.45) is 19.3. The molecule has 0 aromatic heterocycles. The van der Waals surface area contributed by atoms with E-state index < -0.39 is 0 Å². The molecule has 0 amide bonds. The zero-order chi connectivity index (χ0) is 42.8. The summed E-state index contributed by atoms with van der Waals surface area (Å²) >= 11 is 8.01. The monoisotopic (exact) mass is 950 g/mol. The first-order valence-corrected chi connectivity index (χ1v) is 25.6. The fourth-order valence-corrected chi connectivity index (χ4v) is 12.7. The van der Waals surface area contributed by atoms with Crippen molar-refractivity contribution in [2.45, 2.75) is 120 Å². The van der Waals surface area contributed by atoms with Crippen molar-refractivity contribution in [3.05, 3.63) is 222 Å². The molecule has 0 N–H and O–H groups in total. The molecule has 63 heavy (non-hydrogen) atoms. The Morgan fingerprint density at radius 2 is 0.984 bits per heavy atom. The van der Waals surface area contributed by atoms with Crippen molar-refractivity contribution < 1.29 is 0 Å². The van der Waals surface area contributed by atoms with Crippen LogP contribution in [-0.4, -0.2) is 0 Å². The van der Waals surface area contributed by atoms with Gasteiger partial charge in [0.2, 0.25) is 0 Å². The highest BCUT2D eigenvalue weighted by atomic mass is 79.9. The molecule has 0 bridgehead atoms. The second kappa shape index (κ2) is 18.5. The lowest BCUT2D eigenvalue weighted by molar-refractivity contribution is 0.475. The highest BCUT2D eigenvalue weighted by Gasteiger charge is 2.44. The molecule has 3 aliphatic rings. The fourth-order valence-electron chi connectivity index (χ4n) is 11.5. The van der Waals surface area contributed by atoms with Crippen molar-refractivity contribution in [3.8, 4) is 22.3 Å². The van der Waals surface area contributed by atoms with Gasteiger partial charge in [-0.2, -0.15) is 0 Å². The maximum atomic E-state index is 4.00. The zero-order valence-corrected chi connectivity index (χ0v) is 40.2. The molecule has 0 heterocycles. The Morgan fingerprint density at radius 1 is 0.460 bits per heavy atom. The predicted molar refractivity (Wildman–Crippen MR) is 273 cm³/mol. The van der Waals surface area contributed by atoms with Crippen LogP contribution in [0.4, 0.5) is 0 Å². The maximum absolute atomic E-state index is 4.00. The van der Waals surface area contributed by atoms with Crippen molar-refractivity contribution in [2.24, 2.45) is 0 Å². The first-order chi connectivity index (χ1) is 30.9. The molecule has 0 fully saturated rings. The molecular formula is C61H60Br2. The van der Waals surface area contributed by atoms with Gasteiger partial charge in [0.25, 0.3) is 0 Å². The second-order valence-corrected chi connectivity index (χ2v) is 20.8. The van der Waals surface area contributed by atoms with Gasteiger partial charge < -0.3 is 0 Å². The van der Waals surface area contributed by atoms with Crippen LogP contribution in [0.2, 0.25) is 0 Å². The van der Waals surface area contributed by atoms with Gasteiger partial charge in [0.15, 0.2) is 0 Å².